The van der Waals surface area contributed by atoms with Gasteiger partial charge in [0.25, 0.3) is 0 Å². The first kappa shape index (κ1) is 18.6. The molecule has 2 saturated carbocycles. The minimum absolute atomic E-state index is 0.166. The molecule has 5 atom stereocenters. The van der Waals surface area contributed by atoms with Crippen molar-refractivity contribution in [3.63, 3.8) is 0 Å². The van der Waals surface area contributed by atoms with Crippen molar-refractivity contribution in [2.45, 2.75) is 37.5 Å². The van der Waals surface area contributed by atoms with E-state index < -0.39 is 12.2 Å². The lowest BCUT2D eigenvalue weighted by atomic mass is 9.91. The Hall–Kier alpha value is -2.41. The van der Waals surface area contributed by atoms with Crippen LogP contribution < -0.4 is 5.73 Å². The number of hydrogen-bond acceptors (Lipinski definition) is 5. The fourth-order valence-corrected chi connectivity index (χ4v) is 5.37. The zero-order valence-electron chi connectivity index (χ0n) is 15.9. The van der Waals surface area contributed by atoms with Gasteiger partial charge in [-0.25, -0.2) is 9.98 Å². The number of nitrogen functional groups attached to an aromatic ring is 1. The molecular weight excluding hydrogens is 388 g/mol. The number of nitrogens with zero attached hydrogens (tertiary/aromatic N) is 3. The van der Waals surface area contributed by atoms with E-state index in [4.69, 9.17) is 17.3 Å². The average molecular weight is 411 g/mol. The Labute approximate surface area is 173 Å². The fourth-order valence-electron chi connectivity index (χ4n) is 5.22. The van der Waals surface area contributed by atoms with Crippen LogP contribution in [0.4, 0.5) is 11.6 Å². The number of aromatic nitrogens is 2. The largest absolute Gasteiger partial charge is 0.390 e. The molecule has 1 aromatic carbocycles. The number of aliphatic hydroxyl groups is 2. The molecule has 150 valence electrons. The van der Waals surface area contributed by atoms with Crippen LogP contribution in [0.2, 0.25) is 5.02 Å². The highest BCUT2D eigenvalue weighted by Crippen LogP contribution is 2.69. The first-order valence-electron chi connectivity index (χ1n) is 9.79. The van der Waals surface area contributed by atoms with Crippen LogP contribution in [0.3, 0.4) is 0 Å². The zero-order valence-corrected chi connectivity index (χ0v) is 16.6. The number of aliphatic hydroxyl groups excluding tert-OH is 2. The third-order valence-electron chi connectivity index (χ3n) is 6.83. The molecule has 6 nitrogen and oxygen atoms in total. The maximum atomic E-state index is 10.9. The van der Waals surface area contributed by atoms with Gasteiger partial charge in [-0.3, -0.25) is 0 Å². The summed E-state index contributed by atoms with van der Waals surface area (Å²) in [5, 5.41) is 23.0. The molecule has 2 aliphatic rings. The Morgan fingerprint density at radius 3 is 2.93 bits per heavy atom. The van der Waals surface area contributed by atoms with Crippen molar-refractivity contribution in [3.05, 3.63) is 53.2 Å². The van der Waals surface area contributed by atoms with Crippen molar-refractivity contribution in [2.24, 2.45) is 16.3 Å². The summed E-state index contributed by atoms with van der Waals surface area (Å²) in [7, 11) is 0. The number of halogens is 1. The third kappa shape index (κ3) is 2.78. The molecule has 5 rings (SSSR count). The van der Waals surface area contributed by atoms with E-state index in [9.17, 15) is 10.2 Å². The quantitative estimate of drug-likeness (QED) is 0.560. The van der Waals surface area contributed by atoms with Crippen molar-refractivity contribution >= 4 is 40.9 Å². The van der Waals surface area contributed by atoms with E-state index in [0.717, 1.165) is 41.5 Å². The Kier molecular flexibility index (Phi) is 4.21. The second kappa shape index (κ2) is 6.55. The Bertz CT molecular complexity index is 1110. The van der Waals surface area contributed by atoms with E-state index in [1.807, 2.05) is 41.1 Å². The molecule has 0 bridgehead atoms. The zero-order chi connectivity index (χ0) is 20.3. The van der Waals surface area contributed by atoms with Gasteiger partial charge in [0.1, 0.15) is 17.7 Å². The number of benzene rings is 1. The van der Waals surface area contributed by atoms with Gasteiger partial charge in [0.15, 0.2) is 0 Å². The minimum Gasteiger partial charge on any atom is -0.390 e. The van der Waals surface area contributed by atoms with Gasteiger partial charge in [-0.1, -0.05) is 23.7 Å². The molecule has 1 unspecified atom stereocenters. The lowest BCUT2D eigenvalue weighted by Gasteiger charge is -2.25. The SMILES string of the molecule is C=Nc1cccn1[C@H]1[C@H](O)[C@H](O)C2(CCc3ccc4cc(Cl)c(N)nc4c3)C[C@H]12. The number of fused-ring (bicyclic) bond motifs is 2. The van der Waals surface area contributed by atoms with Crippen molar-refractivity contribution in [2.75, 3.05) is 5.73 Å². The van der Waals surface area contributed by atoms with Crippen LogP contribution in [0.1, 0.15) is 24.4 Å². The van der Waals surface area contributed by atoms with Crippen molar-refractivity contribution in [1.29, 1.82) is 0 Å². The summed E-state index contributed by atoms with van der Waals surface area (Å²) < 4.78 is 1.95. The van der Waals surface area contributed by atoms with Gasteiger partial charge in [0, 0.05) is 17.0 Å². The Morgan fingerprint density at radius 1 is 1.31 bits per heavy atom. The summed E-state index contributed by atoms with van der Waals surface area (Å²) >= 11 is 6.05. The molecule has 0 spiro atoms. The second-order valence-electron chi connectivity index (χ2n) is 8.28. The average Bonchev–Trinajstić information content (AvgIpc) is 3.15. The molecule has 0 radical (unpaired) electrons. The number of nitrogens with two attached hydrogens (primary N) is 1. The monoisotopic (exact) mass is 410 g/mol. The van der Waals surface area contributed by atoms with Crippen molar-refractivity contribution in [3.8, 4) is 0 Å². The minimum atomic E-state index is -0.804. The Morgan fingerprint density at radius 2 is 2.14 bits per heavy atom. The molecule has 3 aromatic rings. The Balaban J connectivity index is 1.37. The standard InChI is InChI=1S/C22H23ClN4O2/c1-25-17-3-2-8-27(17)18-14-11-22(14,20(29)19(18)28)7-6-12-4-5-13-10-15(23)21(24)26-16(13)9-12/h2-5,8-10,14,18-20,28-29H,1,6-7,11H2,(H2,24,26)/t14-,18-,19+,20+,22?/m1/s1. The van der Waals surface area contributed by atoms with Crippen LogP contribution in [0, 0.1) is 11.3 Å². The summed E-state index contributed by atoms with van der Waals surface area (Å²) in [5.74, 6) is 1.28. The molecular formula is C22H23ClN4O2. The number of hydrogen-bond donors (Lipinski definition) is 3. The van der Waals surface area contributed by atoms with Gasteiger partial charge in [-0.15, -0.1) is 0 Å². The highest BCUT2D eigenvalue weighted by Gasteiger charge is 2.70. The van der Waals surface area contributed by atoms with E-state index in [-0.39, 0.29) is 17.4 Å². The van der Waals surface area contributed by atoms with Crippen LogP contribution in [-0.2, 0) is 6.42 Å². The van der Waals surface area contributed by atoms with Gasteiger partial charge >= 0.3 is 0 Å². The predicted octanol–water partition coefficient (Wildman–Crippen LogP) is 3.52. The molecule has 2 aliphatic carbocycles. The fraction of sp³-hybridized carbons (Fsp3) is 0.364. The molecule has 7 heteroatoms. The van der Waals surface area contributed by atoms with E-state index in [1.54, 1.807) is 0 Å². The smallest absolute Gasteiger partial charge is 0.142 e. The highest BCUT2D eigenvalue weighted by atomic mass is 35.5. The number of aryl methyl sites for hydroxylation is 1. The second-order valence-corrected chi connectivity index (χ2v) is 8.69. The maximum Gasteiger partial charge on any atom is 0.142 e. The lowest BCUT2D eigenvalue weighted by Crippen LogP contribution is -2.34. The summed E-state index contributed by atoms with van der Waals surface area (Å²) in [6.45, 7) is 3.61. The van der Waals surface area contributed by atoms with Crippen LogP contribution >= 0.6 is 11.6 Å². The van der Waals surface area contributed by atoms with E-state index in [1.165, 1.54) is 0 Å². The van der Waals surface area contributed by atoms with Gasteiger partial charge in [-0.2, -0.15) is 0 Å². The molecule has 2 aromatic heterocycles. The molecule has 29 heavy (non-hydrogen) atoms. The lowest BCUT2D eigenvalue weighted by molar-refractivity contribution is -0.0194. The van der Waals surface area contributed by atoms with E-state index in [0.29, 0.717) is 10.8 Å². The third-order valence-corrected chi connectivity index (χ3v) is 7.14. The van der Waals surface area contributed by atoms with E-state index >= 15 is 0 Å². The molecule has 0 aliphatic heterocycles. The van der Waals surface area contributed by atoms with E-state index in [2.05, 4.69) is 22.8 Å². The van der Waals surface area contributed by atoms with Crippen LogP contribution in [-0.4, -0.2) is 38.7 Å². The van der Waals surface area contributed by atoms with Crippen LogP contribution in [0.15, 0.2) is 47.6 Å². The maximum absolute atomic E-state index is 10.9. The number of rotatable bonds is 5. The first-order valence-corrected chi connectivity index (χ1v) is 10.2. The molecule has 4 N–H and O–H groups in total. The first-order chi connectivity index (χ1) is 13.9. The topological polar surface area (TPSA) is 96.7 Å². The van der Waals surface area contributed by atoms with Crippen molar-refractivity contribution < 1.29 is 10.2 Å². The highest BCUT2D eigenvalue weighted by molar-refractivity contribution is 6.33. The normalized spacial score (nSPS) is 30.4. The molecule has 0 saturated heterocycles. The van der Waals surface area contributed by atoms with Crippen LogP contribution in [0.25, 0.3) is 10.9 Å². The van der Waals surface area contributed by atoms with Crippen LogP contribution in [0.5, 0.6) is 0 Å². The molecule has 0 amide bonds. The predicted molar refractivity (Wildman–Crippen MR) is 115 cm³/mol. The molecule has 2 fully saturated rings. The van der Waals surface area contributed by atoms with Gasteiger partial charge in [0.2, 0.25) is 0 Å². The summed E-state index contributed by atoms with van der Waals surface area (Å²) in [6.07, 6.45) is 2.86. The number of anilines is 1. The van der Waals surface area contributed by atoms with Gasteiger partial charge in [0.05, 0.1) is 22.7 Å². The van der Waals surface area contributed by atoms with Gasteiger partial charge < -0.3 is 20.5 Å². The van der Waals surface area contributed by atoms with Gasteiger partial charge in [-0.05, 0) is 61.7 Å². The number of aliphatic imine (C=N–C) groups is 1. The summed E-state index contributed by atoms with van der Waals surface area (Å²) in [6, 6.07) is 11.5. The summed E-state index contributed by atoms with van der Waals surface area (Å²) in [5.41, 5.74) is 7.53. The number of pyridine rings is 1. The van der Waals surface area contributed by atoms with Crippen molar-refractivity contribution in [1.82, 2.24) is 9.55 Å². The summed E-state index contributed by atoms with van der Waals surface area (Å²) in [4.78, 5) is 8.41. The molecule has 2 heterocycles.